The lowest BCUT2D eigenvalue weighted by Crippen LogP contribution is -2.16. The van der Waals surface area contributed by atoms with E-state index < -0.39 is 0 Å². The van der Waals surface area contributed by atoms with E-state index in [4.69, 9.17) is 5.26 Å². The highest BCUT2D eigenvalue weighted by atomic mass is 32.2. The van der Waals surface area contributed by atoms with E-state index in [1.807, 2.05) is 20.8 Å². The Bertz CT molecular complexity index is 245. The Hall–Kier alpha value is -0.690. The van der Waals surface area contributed by atoms with E-state index in [2.05, 4.69) is 10.8 Å². The fourth-order valence-corrected chi connectivity index (χ4v) is 2.22. The highest BCUT2D eigenvalue weighted by molar-refractivity contribution is 7.99. The Morgan fingerprint density at radius 1 is 1.60 bits per heavy atom. The van der Waals surface area contributed by atoms with Crippen molar-refractivity contribution in [2.75, 3.05) is 18.6 Å². The lowest BCUT2D eigenvalue weighted by Gasteiger charge is -2.15. The molecule has 0 aromatic rings. The first kappa shape index (κ1) is 14.3. The summed E-state index contributed by atoms with van der Waals surface area (Å²) >= 11 is 1.70. The summed E-state index contributed by atoms with van der Waals surface area (Å²) in [5.74, 6) is 1.43. The van der Waals surface area contributed by atoms with E-state index in [1.54, 1.807) is 11.8 Å². The molecule has 0 aromatic carbocycles. The molecule has 0 spiro atoms. The largest absolute Gasteiger partial charge is 0.469 e. The molecule has 0 heterocycles. The molecule has 1 unspecified atom stereocenters. The first-order valence-electron chi connectivity index (χ1n) is 5.00. The molecule has 0 amide bonds. The van der Waals surface area contributed by atoms with Crippen LogP contribution in [0.25, 0.3) is 0 Å². The third-order valence-corrected chi connectivity index (χ3v) is 3.37. The summed E-state index contributed by atoms with van der Waals surface area (Å²) in [6.07, 6.45) is 0.849. The van der Waals surface area contributed by atoms with E-state index >= 15 is 0 Å². The van der Waals surface area contributed by atoms with E-state index in [9.17, 15) is 4.79 Å². The smallest absolute Gasteiger partial charge is 0.309 e. The van der Waals surface area contributed by atoms with Crippen molar-refractivity contribution in [1.82, 2.24) is 0 Å². The number of ether oxygens (including phenoxy) is 1. The van der Waals surface area contributed by atoms with E-state index in [-0.39, 0.29) is 17.3 Å². The molecule has 15 heavy (non-hydrogen) atoms. The van der Waals surface area contributed by atoms with Gasteiger partial charge in [0.1, 0.15) is 0 Å². The SMILES string of the molecule is COC(=O)C(C)CSCCC(C)(C)C#N. The van der Waals surface area contributed by atoms with Gasteiger partial charge in [-0.2, -0.15) is 17.0 Å². The van der Waals surface area contributed by atoms with Crippen molar-refractivity contribution in [3.8, 4) is 6.07 Å². The number of hydrogen-bond donors (Lipinski definition) is 0. The summed E-state index contributed by atoms with van der Waals surface area (Å²) in [5, 5.41) is 8.80. The van der Waals surface area contributed by atoms with Gasteiger partial charge >= 0.3 is 5.97 Å². The van der Waals surface area contributed by atoms with Crippen molar-refractivity contribution < 1.29 is 9.53 Å². The predicted molar refractivity (Wildman–Crippen MR) is 62.5 cm³/mol. The molecule has 0 rings (SSSR count). The summed E-state index contributed by atoms with van der Waals surface area (Å²) in [5.41, 5.74) is -0.262. The molecule has 1 atom stereocenters. The fourth-order valence-electron chi connectivity index (χ4n) is 0.913. The van der Waals surface area contributed by atoms with Crippen molar-refractivity contribution in [1.29, 1.82) is 5.26 Å². The molecule has 0 fully saturated rings. The molecule has 0 aliphatic rings. The second-order valence-electron chi connectivity index (χ2n) is 4.24. The minimum absolute atomic E-state index is 0.0646. The van der Waals surface area contributed by atoms with Crippen LogP contribution in [0, 0.1) is 22.7 Å². The average molecular weight is 229 g/mol. The summed E-state index contributed by atoms with van der Waals surface area (Å²) in [7, 11) is 1.41. The molecule has 0 radical (unpaired) electrons. The summed E-state index contributed by atoms with van der Waals surface area (Å²) in [4.78, 5) is 11.1. The number of nitrogens with zero attached hydrogens (tertiary/aromatic N) is 1. The number of thioether (sulfide) groups is 1. The molecular weight excluding hydrogens is 210 g/mol. The molecule has 0 aliphatic heterocycles. The van der Waals surface area contributed by atoms with Crippen LogP contribution in [0.5, 0.6) is 0 Å². The van der Waals surface area contributed by atoms with E-state index in [0.29, 0.717) is 0 Å². The first-order chi connectivity index (χ1) is 6.93. The van der Waals surface area contributed by atoms with Crippen LogP contribution in [0.3, 0.4) is 0 Å². The van der Waals surface area contributed by atoms with E-state index in [0.717, 1.165) is 17.9 Å². The first-order valence-corrected chi connectivity index (χ1v) is 6.15. The monoisotopic (exact) mass is 229 g/mol. The standard InChI is InChI=1S/C11H19NO2S/c1-9(10(13)14-4)7-15-6-5-11(2,3)8-12/h9H,5-7H2,1-4H3. The molecule has 0 bridgehead atoms. The van der Waals surface area contributed by atoms with Crippen LogP contribution in [0.2, 0.25) is 0 Å². The molecule has 4 heteroatoms. The Morgan fingerprint density at radius 2 is 2.20 bits per heavy atom. The topological polar surface area (TPSA) is 50.1 Å². The third-order valence-electron chi connectivity index (χ3n) is 2.15. The maximum absolute atomic E-state index is 11.1. The number of rotatable bonds is 6. The van der Waals surface area contributed by atoms with Gasteiger partial charge < -0.3 is 4.74 Å². The van der Waals surface area contributed by atoms with Gasteiger partial charge in [-0.3, -0.25) is 4.79 Å². The summed E-state index contributed by atoms with van der Waals surface area (Å²) in [6, 6.07) is 2.26. The van der Waals surface area contributed by atoms with Crippen molar-refractivity contribution >= 4 is 17.7 Å². The quantitative estimate of drug-likeness (QED) is 0.518. The minimum Gasteiger partial charge on any atom is -0.469 e. The summed E-state index contributed by atoms with van der Waals surface area (Å²) < 4.78 is 4.63. The van der Waals surface area contributed by atoms with Gasteiger partial charge in [0.05, 0.1) is 24.5 Å². The van der Waals surface area contributed by atoms with E-state index in [1.165, 1.54) is 7.11 Å². The van der Waals surface area contributed by atoms with Crippen LogP contribution in [0.1, 0.15) is 27.2 Å². The van der Waals surface area contributed by atoms with Crippen LogP contribution < -0.4 is 0 Å². The maximum atomic E-state index is 11.1. The fraction of sp³-hybridized carbons (Fsp3) is 0.818. The van der Waals surface area contributed by atoms with Crippen LogP contribution >= 0.6 is 11.8 Å². The molecule has 3 nitrogen and oxygen atoms in total. The number of carbonyl (C=O) groups is 1. The average Bonchev–Trinajstić information content (AvgIpc) is 2.22. The molecule has 86 valence electrons. The van der Waals surface area contributed by atoms with Gasteiger partial charge in [-0.25, -0.2) is 0 Å². The number of hydrogen-bond acceptors (Lipinski definition) is 4. The Morgan fingerprint density at radius 3 is 2.67 bits per heavy atom. The van der Waals surface area contributed by atoms with Gasteiger partial charge in [0, 0.05) is 5.75 Å². The lowest BCUT2D eigenvalue weighted by molar-refractivity contribution is -0.143. The Balaban J connectivity index is 3.64. The zero-order chi connectivity index (χ0) is 11.9. The second-order valence-corrected chi connectivity index (χ2v) is 5.39. The van der Waals surface area contributed by atoms with Crippen molar-refractivity contribution in [2.24, 2.45) is 11.3 Å². The van der Waals surface area contributed by atoms with Crippen molar-refractivity contribution in [2.45, 2.75) is 27.2 Å². The third kappa shape index (κ3) is 6.40. The Kier molecular flexibility index (Phi) is 6.42. The number of carbonyl (C=O) groups excluding carboxylic acids is 1. The van der Waals surface area contributed by atoms with Gasteiger partial charge in [0.2, 0.25) is 0 Å². The zero-order valence-electron chi connectivity index (χ0n) is 9.87. The highest BCUT2D eigenvalue weighted by Gasteiger charge is 2.17. The van der Waals surface area contributed by atoms with Crippen LogP contribution in [0.4, 0.5) is 0 Å². The molecule has 0 aromatic heterocycles. The number of methoxy groups -OCH3 is 1. The number of esters is 1. The molecule has 0 aliphatic carbocycles. The maximum Gasteiger partial charge on any atom is 0.309 e. The van der Waals surface area contributed by atoms with Gasteiger partial charge in [-0.05, 0) is 26.0 Å². The normalized spacial score (nSPS) is 13.0. The van der Waals surface area contributed by atoms with Crippen molar-refractivity contribution in [3.05, 3.63) is 0 Å². The van der Waals surface area contributed by atoms with Crippen LogP contribution in [-0.2, 0) is 9.53 Å². The number of nitriles is 1. The van der Waals surface area contributed by atoms with Gasteiger partial charge in [0.25, 0.3) is 0 Å². The molecular formula is C11H19NO2S. The Labute approximate surface area is 96.2 Å². The lowest BCUT2D eigenvalue weighted by atomic mass is 9.93. The van der Waals surface area contributed by atoms with Gasteiger partial charge in [0.15, 0.2) is 0 Å². The molecule has 0 saturated carbocycles. The second kappa shape index (κ2) is 6.73. The minimum atomic E-state index is -0.262. The summed E-state index contributed by atoms with van der Waals surface area (Å²) in [6.45, 7) is 5.71. The molecule has 0 N–H and O–H groups in total. The van der Waals surface area contributed by atoms with Crippen LogP contribution in [0.15, 0.2) is 0 Å². The van der Waals surface area contributed by atoms with Crippen LogP contribution in [-0.4, -0.2) is 24.6 Å². The predicted octanol–water partition coefficient (Wildman–Crippen LogP) is 2.47. The van der Waals surface area contributed by atoms with Gasteiger partial charge in [-0.1, -0.05) is 6.92 Å². The molecule has 0 saturated heterocycles. The van der Waals surface area contributed by atoms with Crippen molar-refractivity contribution in [3.63, 3.8) is 0 Å². The highest BCUT2D eigenvalue weighted by Crippen LogP contribution is 2.22. The zero-order valence-corrected chi connectivity index (χ0v) is 10.7. The van der Waals surface area contributed by atoms with Gasteiger partial charge in [-0.15, -0.1) is 0 Å².